The maximum Gasteiger partial charge on any atom is 0.459 e. The zero-order valence-corrected chi connectivity index (χ0v) is 9.95. The SMILES string of the molecule is FC(F)(F)C(F)(F)C(F)(F)C1NCCc2ccccc21. The van der Waals surface area contributed by atoms with Crippen LogP contribution in [-0.4, -0.2) is 24.6 Å². The standard InChI is InChI=1S/C12H10F7N/c13-10(14,11(15,16)12(17,18)19)9-8-4-2-1-3-7(8)5-6-20-9/h1-4,9,20H,5-6H2. The molecule has 0 radical (unpaired) electrons. The first-order valence-electron chi connectivity index (χ1n) is 5.72. The maximum atomic E-state index is 13.7. The van der Waals surface area contributed by atoms with Gasteiger partial charge in [0.05, 0.1) is 0 Å². The molecule has 20 heavy (non-hydrogen) atoms. The van der Waals surface area contributed by atoms with E-state index in [0.29, 0.717) is 12.0 Å². The number of fused-ring (bicyclic) bond motifs is 1. The van der Waals surface area contributed by atoms with Crippen LogP contribution in [0.4, 0.5) is 30.7 Å². The summed E-state index contributed by atoms with van der Waals surface area (Å²) in [5.74, 6) is -11.4. The fraction of sp³-hybridized carbons (Fsp3) is 0.500. The highest BCUT2D eigenvalue weighted by atomic mass is 19.4. The topological polar surface area (TPSA) is 12.0 Å². The number of alkyl halides is 7. The van der Waals surface area contributed by atoms with Crippen molar-refractivity contribution in [2.45, 2.75) is 30.5 Å². The van der Waals surface area contributed by atoms with E-state index in [-0.39, 0.29) is 12.1 Å². The lowest BCUT2D eigenvalue weighted by molar-refractivity contribution is -0.361. The van der Waals surface area contributed by atoms with Gasteiger partial charge in [-0.25, -0.2) is 0 Å². The summed E-state index contributed by atoms with van der Waals surface area (Å²) in [5, 5.41) is 2.06. The molecule has 1 aromatic carbocycles. The number of rotatable bonds is 2. The first-order valence-corrected chi connectivity index (χ1v) is 5.72. The summed E-state index contributed by atoms with van der Waals surface area (Å²) in [6.07, 6.45) is -6.02. The minimum Gasteiger partial charge on any atom is -0.304 e. The van der Waals surface area contributed by atoms with Crippen molar-refractivity contribution < 1.29 is 30.7 Å². The number of benzene rings is 1. The zero-order valence-electron chi connectivity index (χ0n) is 9.95. The summed E-state index contributed by atoms with van der Waals surface area (Å²) >= 11 is 0. The lowest BCUT2D eigenvalue weighted by Gasteiger charge is -2.37. The Kier molecular flexibility index (Phi) is 3.48. The van der Waals surface area contributed by atoms with Crippen LogP contribution in [-0.2, 0) is 6.42 Å². The van der Waals surface area contributed by atoms with Gasteiger partial charge in [0.1, 0.15) is 6.04 Å². The third kappa shape index (κ3) is 2.15. The molecule has 8 heteroatoms. The number of nitrogens with one attached hydrogen (secondary N) is 1. The summed E-state index contributed by atoms with van der Waals surface area (Å²) < 4.78 is 90.2. The Bertz CT molecular complexity index is 495. The van der Waals surface area contributed by atoms with Crippen molar-refractivity contribution in [3.63, 3.8) is 0 Å². The predicted molar refractivity (Wildman–Crippen MR) is 56.8 cm³/mol. The Balaban J connectivity index is 2.46. The van der Waals surface area contributed by atoms with E-state index in [0.717, 1.165) is 6.07 Å². The molecule has 0 amide bonds. The fourth-order valence-corrected chi connectivity index (χ4v) is 2.20. The summed E-state index contributed by atoms with van der Waals surface area (Å²) in [4.78, 5) is 0. The first-order chi connectivity index (χ1) is 9.09. The average molecular weight is 301 g/mol. The minimum atomic E-state index is -6.31. The third-order valence-corrected chi connectivity index (χ3v) is 3.25. The van der Waals surface area contributed by atoms with E-state index >= 15 is 0 Å². The lowest BCUT2D eigenvalue weighted by Crippen LogP contribution is -2.58. The molecule has 1 aliphatic rings. The molecule has 0 bridgehead atoms. The molecule has 0 aromatic heterocycles. The van der Waals surface area contributed by atoms with E-state index in [1.807, 2.05) is 0 Å². The molecular weight excluding hydrogens is 291 g/mol. The zero-order chi connectivity index (χ0) is 15.2. The van der Waals surface area contributed by atoms with Crippen molar-refractivity contribution >= 4 is 0 Å². The molecule has 1 nitrogen and oxygen atoms in total. The molecule has 112 valence electrons. The number of halogens is 7. The van der Waals surface area contributed by atoms with Crippen LogP contribution < -0.4 is 5.32 Å². The van der Waals surface area contributed by atoms with Gasteiger partial charge in [0.15, 0.2) is 0 Å². The van der Waals surface area contributed by atoms with Crippen LogP contribution in [0.5, 0.6) is 0 Å². The van der Waals surface area contributed by atoms with Gasteiger partial charge in [-0.2, -0.15) is 30.7 Å². The Hall–Kier alpha value is -1.31. The summed E-state index contributed by atoms with van der Waals surface area (Å²) in [6, 6.07) is 3.03. The Morgan fingerprint density at radius 1 is 0.950 bits per heavy atom. The van der Waals surface area contributed by atoms with Gasteiger partial charge in [-0.1, -0.05) is 24.3 Å². The number of hydrogen-bond donors (Lipinski definition) is 1. The van der Waals surface area contributed by atoms with E-state index in [1.54, 1.807) is 0 Å². The molecule has 1 heterocycles. The minimum absolute atomic E-state index is 0.0921. The van der Waals surface area contributed by atoms with Crippen LogP contribution in [0.25, 0.3) is 0 Å². The lowest BCUT2D eigenvalue weighted by atomic mass is 9.88. The van der Waals surface area contributed by atoms with E-state index in [4.69, 9.17) is 0 Å². The molecule has 1 aliphatic heterocycles. The van der Waals surface area contributed by atoms with Crippen molar-refractivity contribution in [3.8, 4) is 0 Å². The predicted octanol–water partition coefficient (Wildman–Crippen LogP) is 3.71. The Morgan fingerprint density at radius 3 is 2.15 bits per heavy atom. The molecule has 2 rings (SSSR count). The smallest absolute Gasteiger partial charge is 0.304 e. The second-order valence-electron chi connectivity index (χ2n) is 4.53. The summed E-state index contributed by atoms with van der Waals surface area (Å²) in [6.45, 7) is -0.0921. The molecule has 0 aliphatic carbocycles. The van der Waals surface area contributed by atoms with Gasteiger partial charge >= 0.3 is 18.0 Å². The van der Waals surface area contributed by atoms with E-state index in [2.05, 4.69) is 5.32 Å². The van der Waals surface area contributed by atoms with E-state index in [9.17, 15) is 30.7 Å². The largest absolute Gasteiger partial charge is 0.459 e. The van der Waals surface area contributed by atoms with Crippen molar-refractivity contribution in [2.24, 2.45) is 0 Å². The van der Waals surface area contributed by atoms with Crippen LogP contribution >= 0.6 is 0 Å². The van der Waals surface area contributed by atoms with Gasteiger partial charge in [0, 0.05) is 0 Å². The van der Waals surface area contributed by atoms with Crippen molar-refractivity contribution in [3.05, 3.63) is 35.4 Å². The molecule has 1 aromatic rings. The molecule has 1 unspecified atom stereocenters. The van der Waals surface area contributed by atoms with Gasteiger partial charge in [-0.15, -0.1) is 0 Å². The molecule has 0 saturated carbocycles. The van der Waals surface area contributed by atoms with Crippen LogP contribution in [0, 0.1) is 0 Å². The van der Waals surface area contributed by atoms with Crippen LogP contribution in [0.1, 0.15) is 17.2 Å². The third-order valence-electron chi connectivity index (χ3n) is 3.25. The van der Waals surface area contributed by atoms with Gasteiger partial charge in [-0.3, -0.25) is 0 Å². The van der Waals surface area contributed by atoms with Crippen LogP contribution in [0.2, 0.25) is 0 Å². The van der Waals surface area contributed by atoms with E-state index in [1.165, 1.54) is 18.2 Å². The molecule has 0 spiro atoms. The van der Waals surface area contributed by atoms with Crippen molar-refractivity contribution in [2.75, 3.05) is 6.54 Å². The monoisotopic (exact) mass is 301 g/mol. The van der Waals surface area contributed by atoms with Gasteiger partial charge in [0.25, 0.3) is 0 Å². The normalized spacial score (nSPS) is 20.6. The second-order valence-corrected chi connectivity index (χ2v) is 4.53. The summed E-state index contributed by atoms with van der Waals surface area (Å²) in [7, 11) is 0. The van der Waals surface area contributed by atoms with Crippen LogP contribution in [0.3, 0.4) is 0 Å². The molecule has 1 atom stereocenters. The fourth-order valence-electron chi connectivity index (χ4n) is 2.20. The Morgan fingerprint density at radius 2 is 1.55 bits per heavy atom. The van der Waals surface area contributed by atoms with Gasteiger partial charge in [0.2, 0.25) is 0 Å². The molecule has 0 saturated heterocycles. The van der Waals surface area contributed by atoms with Crippen molar-refractivity contribution in [1.82, 2.24) is 5.32 Å². The van der Waals surface area contributed by atoms with Gasteiger partial charge in [-0.05, 0) is 24.1 Å². The molecule has 0 fully saturated rings. The first kappa shape index (κ1) is 15.1. The summed E-state index contributed by atoms with van der Waals surface area (Å²) in [5.41, 5.74) is 0.113. The highest BCUT2D eigenvalue weighted by molar-refractivity contribution is 5.34. The number of hydrogen-bond acceptors (Lipinski definition) is 1. The average Bonchev–Trinajstić information content (AvgIpc) is 2.36. The van der Waals surface area contributed by atoms with Gasteiger partial charge < -0.3 is 5.32 Å². The van der Waals surface area contributed by atoms with Crippen molar-refractivity contribution in [1.29, 1.82) is 0 Å². The Labute approximate surface area is 109 Å². The maximum absolute atomic E-state index is 13.7. The second kappa shape index (κ2) is 4.61. The van der Waals surface area contributed by atoms with E-state index < -0.39 is 24.1 Å². The van der Waals surface area contributed by atoms with Crippen LogP contribution in [0.15, 0.2) is 24.3 Å². The molecular formula is C12H10F7N. The highest BCUT2D eigenvalue weighted by Gasteiger charge is 2.75. The quantitative estimate of drug-likeness (QED) is 0.821. The highest BCUT2D eigenvalue weighted by Crippen LogP contribution is 2.52. The molecule has 1 N–H and O–H groups in total.